The van der Waals surface area contributed by atoms with Crippen LogP contribution in [0.3, 0.4) is 0 Å². The maximum atomic E-state index is 11.5. The monoisotopic (exact) mass is 207 g/mol. The van der Waals surface area contributed by atoms with Gasteiger partial charge in [-0.2, -0.15) is 0 Å². The van der Waals surface area contributed by atoms with Gasteiger partial charge in [-0.15, -0.1) is 0 Å². The van der Waals surface area contributed by atoms with Gasteiger partial charge < -0.3 is 15.2 Å². The maximum Gasteiger partial charge on any atom is 0.328 e. The molecule has 2 rings (SSSR count). The van der Waals surface area contributed by atoms with E-state index in [1.54, 1.807) is 25.1 Å². The van der Waals surface area contributed by atoms with Gasteiger partial charge >= 0.3 is 5.97 Å². The third-order valence-electron chi connectivity index (χ3n) is 2.41. The first-order valence-corrected chi connectivity index (χ1v) is 4.95. The summed E-state index contributed by atoms with van der Waals surface area (Å²) in [6.45, 7) is 2.17. The van der Waals surface area contributed by atoms with Crippen LogP contribution in [0.15, 0.2) is 18.2 Å². The summed E-state index contributed by atoms with van der Waals surface area (Å²) < 4.78 is 4.92. The summed E-state index contributed by atoms with van der Waals surface area (Å²) in [4.78, 5) is 11.5. The molecule has 2 N–H and O–H groups in total. The van der Waals surface area contributed by atoms with E-state index in [-0.39, 0.29) is 17.8 Å². The maximum absolute atomic E-state index is 11.5. The zero-order chi connectivity index (χ0) is 10.8. The van der Waals surface area contributed by atoms with Gasteiger partial charge in [0.25, 0.3) is 0 Å². The van der Waals surface area contributed by atoms with Gasteiger partial charge in [0.1, 0.15) is 11.8 Å². The summed E-state index contributed by atoms with van der Waals surface area (Å²) in [5.41, 5.74) is 1.85. The number of anilines is 1. The molecule has 1 aromatic carbocycles. The second-order valence-corrected chi connectivity index (χ2v) is 3.49. The lowest BCUT2D eigenvalue weighted by Crippen LogP contribution is -2.28. The van der Waals surface area contributed by atoms with Crippen LogP contribution in [0.4, 0.5) is 5.69 Å². The number of nitrogens with one attached hydrogen (secondary N) is 1. The molecule has 1 aliphatic rings. The summed E-state index contributed by atoms with van der Waals surface area (Å²) in [7, 11) is 0. The number of carbonyl (C=O) groups excluding carboxylic acids is 1. The third-order valence-corrected chi connectivity index (χ3v) is 2.41. The van der Waals surface area contributed by atoms with E-state index in [0.29, 0.717) is 13.0 Å². The minimum atomic E-state index is -0.318. The molecule has 0 saturated heterocycles. The first kappa shape index (κ1) is 9.83. The lowest BCUT2D eigenvalue weighted by atomic mass is 10.1. The van der Waals surface area contributed by atoms with Crippen molar-refractivity contribution in [1.29, 1.82) is 0 Å². The molecule has 1 unspecified atom stereocenters. The van der Waals surface area contributed by atoms with E-state index >= 15 is 0 Å². The van der Waals surface area contributed by atoms with Gasteiger partial charge in [-0.3, -0.25) is 0 Å². The van der Waals surface area contributed by atoms with Crippen molar-refractivity contribution in [2.24, 2.45) is 0 Å². The van der Waals surface area contributed by atoms with Crippen LogP contribution in [0.2, 0.25) is 0 Å². The van der Waals surface area contributed by atoms with Crippen LogP contribution in [-0.4, -0.2) is 23.7 Å². The smallest absolute Gasteiger partial charge is 0.328 e. The van der Waals surface area contributed by atoms with Crippen molar-refractivity contribution in [2.75, 3.05) is 11.9 Å². The van der Waals surface area contributed by atoms with Crippen molar-refractivity contribution in [1.82, 2.24) is 0 Å². The predicted molar refractivity (Wildman–Crippen MR) is 55.9 cm³/mol. The van der Waals surface area contributed by atoms with E-state index in [1.807, 2.05) is 0 Å². The number of aromatic hydroxyl groups is 1. The van der Waals surface area contributed by atoms with Gasteiger partial charge in [0.2, 0.25) is 0 Å². The Kier molecular flexibility index (Phi) is 2.49. The van der Waals surface area contributed by atoms with Crippen LogP contribution >= 0.6 is 0 Å². The van der Waals surface area contributed by atoms with Gasteiger partial charge in [-0.25, -0.2) is 4.79 Å². The Labute approximate surface area is 87.9 Å². The average Bonchev–Trinajstić information content (AvgIpc) is 2.60. The highest BCUT2D eigenvalue weighted by molar-refractivity contribution is 5.83. The van der Waals surface area contributed by atoms with Crippen molar-refractivity contribution in [2.45, 2.75) is 19.4 Å². The summed E-state index contributed by atoms with van der Waals surface area (Å²) in [6.07, 6.45) is 0.572. The first-order chi connectivity index (χ1) is 7.20. The van der Waals surface area contributed by atoms with Crippen LogP contribution < -0.4 is 5.32 Å². The summed E-state index contributed by atoms with van der Waals surface area (Å²) in [5.74, 6) is -0.0201. The summed E-state index contributed by atoms with van der Waals surface area (Å²) >= 11 is 0. The van der Waals surface area contributed by atoms with Gasteiger partial charge in [0.15, 0.2) is 0 Å². The number of phenols is 1. The van der Waals surface area contributed by atoms with Crippen molar-refractivity contribution in [3.63, 3.8) is 0 Å². The molecule has 0 aromatic heterocycles. The number of carbonyl (C=O) groups is 1. The van der Waals surface area contributed by atoms with Crippen LogP contribution in [0, 0.1) is 0 Å². The highest BCUT2D eigenvalue weighted by Crippen LogP contribution is 2.29. The van der Waals surface area contributed by atoms with Crippen molar-refractivity contribution < 1.29 is 14.6 Å². The van der Waals surface area contributed by atoms with E-state index in [9.17, 15) is 9.90 Å². The molecule has 1 aromatic rings. The zero-order valence-corrected chi connectivity index (χ0v) is 8.49. The van der Waals surface area contributed by atoms with Crippen molar-refractivity contribution in [3.8, 4) is 5.75 Å². The average molecular weight is 207 g/mol. The number of phenolic OH excluding ortho intramolecular Hbond substituents is 1. The van der Waals surface area contributed by atoms with E-state index in [4.69, 9.17) is 4.74 Å². The van der Waals surface area contributed by atoms with Gasteiger partial charge in [-0.1, -0.05) is 0 Å². The Morgan fingerprint density at radius 1 is 1.67 bits per heavy atom. The summed E-state index contributed by atoms with van der Waals surface area (Å²) in [5, 5.41) is 12.3. The Morgan fingerprint density at radius 3 is 3.20 bits per heavy atom. The second kappa shape index (κ2) is 3.81. The number of hydrogen-bond acceptors (Lipinski definition) is 4. The molecule has 4 nitrogen and oxygen atoms in total. The predicted octanol–water partition coefficient (Wildman–Crippen LogP) is 1.29. The number of benzene rings is 1. The quantitative estimate of drug-likeness (QED) is 0.566. The van der Waals surface area contributed by atoms with E-state index in [1.165, 1.54) is 0 Å². The fraction of sp³-hybridized carbons (Fsp3) is 0.364. The second-order valence-electron chi connectivity index (χ2n) is 3.49. The lowest BCUT2D eigenvalue weighted by molar-refractivity contribution is -0.143. The molecular formula is C11H13NO3. The number of fused-ring (bicyclic) bond motifs is 1. The fourth-order valence-corrected chi connectivity index (χ4v) is 1.73. The van der Waals surface area contributed by atoms with Gasteiger partial charge in [-0.05, 0) is 30.7 Å². The van der Waals surface area contributed by atoms with Crippen LogP contribution in [0.1, 0.15) is 12.5 Å². The molecule has 4 heteroatoms. The molecule has 15 heavy (non-hydrogen) atoms. The molecule has 1 aliphatic heterocycles. The third kappa shape index (κ3) is 1.88. The van der Waals surface area contributed by atoms with E-state index < -0.39 is 0 Å². The number of ether oxygens (including phenoxy) is 1. The topological polar surface area (TPSA) is 58.6 Å². The van der Waals surface area contributed by atoms with Crippen LogP contribution in [0.25, 0.3) is 0 Å². The fourth-order valence-electron chi connectivity index (χ4n) is 1.73. The first-order valence-electron chi connectivity index (χ1n) is 4.95. The number of esters is 1. The van der Waals surface area contributed by atoms with Gasteiger partial charge in [0, 0.05) is 12.1 Å². The standard InChI is InChI=1S/C11H13NO3/c1-2-15-11(14)10-6-7-5-8(13)3-4-9(7)12-10/h3-5,10,12-13H,2,6H2,1H3. The molecule has 0 spiro atoms. The molecule has 0 fully saturated rings. The molecule has 0 radical (unpaired) electrons. The Bertz CT molecular complexity index is 389. The summed E-state index contributed by atoms with van der Waals surface area (Å²) in [6, 6.07) is 4.71. The SMILES string of the molecule is CCOC(=O)C1Cc2cc(O)ccc2N1. The van der Waals surface area contributed by atoms with E-state index in [0.717, 1.165) is 11.3 Å². The molecule has 0 amide bonds. The lowest BCUT2D eigenvalue weighted by Gasteiger charge is -2.09. The Hall–Kier alpha value is -1.71. The highest BCUT2D eigenvalue weighted by Gasteiger charge is 2.27. The van der Waals surface area contributed by atoms with Crippen molar-refractivity contribution in [3.05, 3.63) is 23.8 Å². The normalized spacial score (nSPS) is 18.1. The molecule has 80 valence electrons. The Morgan fingerprint density at radius 2 is 2.47 bits per heavy atom. The molecule has 0 bridgehead atoms. The van der Waals surface area contributed by atoms with E-state index in [2.05, 4.69) is 5.32 Å². The largest absolute Gasteiger partial charge is 0.508 e. The highest BCUT2D eigenvalue weighted by atomic mass is 16.5. The van der Waals surface area contributed by atoms with Gasteiger partial charge in [0.05, 0.1) is 6.61 Å². The minimum Gasteiger partial charge on any atom is -0.508 e. The van der Waals surface area contributed by atoms with Crippen LogP contribution in [0.5, 0.6) is 5.75 Å². The molecular weight excluding hydrogens is 194 g/mol. The number of rotatable bonds is 2. The zero-order valence-electron chi connectivity index (χ0n) is 8.49. The molecule has 1 heterocycles. The molecule has 0 aliphatic carbocycles. The number of hydrogen-bond donors (Lipinski definition) is 2. The molecule has 0 saturated carbocycles. The van der Waals surface area contributed by atoms with Crippen molar-refractivity contribution >= 4 is 11.7 Å². The molecule has 1 atom stereocenters. The minimum absolute atomic E-state index is 0.222. The Balaban J connectivity index is 2.12. The van der Waals surface area contributed by atoms with Crippen LogP contribution in [-0.2, 0) is 16.0 Å².